The lowest BCUT2D eigenvalue weighted by atomic mass is 10.1. The second kappa shape index (κ2) is 4.03. The van der Waals surface area contributed by atoms with E-state index in [-0.39, 0.29) is 11.2 Å². The van der Waals surface area contributed by atoms with Gasteiger partial charge < -0.3 is 0 Å². The number of rotatable bonds is 0. The molecule has 0 aliphatic carbocycles. The van der Waals surface area contributed by atoms with Gasteiger partial charge in [0.15, 0.2) is 0 Å². The zero-order valence-electron chi connectivity index (χ0n) is 11.9. The molecule has 0 saturated heterocycles. The van der Waals surface area contributed by atoms with Crippen LogP contribution < -0.4 is 11.2 Å². The molecule has 20 heavy (non-hydrogen) atoms. The van der Waals surface area contributed by atoms with Crippen LogP contribution in [0.15, 0.2) is 27.8 Å². The number of aromatic nitrogens is 3. The Morgan fingerprint density at radius 2 is 1.60 bits per heavy atom. The molecule has 3 aromatic rings. The molecule has 0 aliphatic heterocycles. The highest BCUT2D eigenvalue weighted by Gasteiger charge is 2.11. The van der Waals surface area contributed by atoms with E-state index in [1.54, 1.807) is 7.05 Å². The summed E-state index contributed by atoms with van der Waals surface area (Å²) >= 11 is 0. The van der Waals surface area contributed by atoms with Gasteiger partial charge in [-0.05, 0) is 43.2 Å². The first kappa shape index (κ1) is 12.6. The smallest absolute Gasteiger partial charge is 0.280 e. The first-order valence-corrected chi connectivity index (χ1v) is 6.38. The van der Waals surface area contributed by atoms with Crippen molar-refractivity contribution in [1.29, 1.82) is 0 Å². The van der Waals surface area contributed by atoms with Crippen LogP contribution in [0, 0.1) is 13.8 Å². The first-order valence-electron chi connectivity index (χ1n) is 6.38. The van der Waals surface area contributed by atoms with Crippen molar-refractivity contribution in [2.75, 3.05) is 0 Å². The summed E-state index contributed by atoms with van der Waals surface area (Å²) in [4.78, 5) is 28.6. The fourth-order valence-corrected chi connectivity index (χ4v) is 2.43. The Balaban J connectivity index is 2.61. The summed E-state index contributed by atoms with van der Waals surface area (Å²) in [6, 6.07) is 5.81. The van der Waals surface area contributed by atoms with Crippen LogP contribution in [0.2, 0.25) is 0 Å². The molecule has 1 aromatic carbocycles. The van der Waals surface area contributed by atoms with Crippen molar-refractivity contribution in [1.82, 2.24) is 14.1 Å². The van der Waals surface area contributed by atoms with Crippen molar-refractivity contribution in [3.05, 3.63) is 50.2 Å². The van der Waals surface area contributed by atoms with Crippen LogP contribution in [-0.4, -0.2) is 14.1 Å². The molecular formula is C15H15N3O2. The summed E-state index contributed by atoms with van der Waals surface area (Å²) in [5.74, 6) is 0. The van der Waals surface area contributed by atoms with Crippen molar-refractivity contribution < 1.29 is 0 Å². The van der Waals surface area contributed by atoms with E-state index >= 15 is 0 Å². The fourth-order valence-electron chi connectivity index (χ4n) is 2.43. The molecule has 0 atom stereocenters. The molecular weight excluding hydrogens is 254 g/mol. The van der Waals surface area contributed by atoms with E-state index in [1.807, 2.05) is 32.0 Å². The molecule has 2 heterocycles. The number of hydrogen-bond acceptors (Lipinski definition) is 3. The van der Waals surface area contributed by atoms with Crippen molar-refractivity contribution in [3.8, 4) is 0 Å². The predicted molar refractivity (Wildman–Crippen MR) is 79.2 cm³/mol. The van der Waals surface area contributed by atoms with Crippen LogP contribution in [-0.2, 0) is 14.1 Å². The highest BCUT2D eigenvalue weighted by Crippen LogP contribution is 2.20. The summed E-state index contributed by atoms with van der Waals surface area (Å²) < 4.78 is 2.52. The fraction of sp³-hybridized carbons (Fsp3) is 0.267. The van der Waals surface area contributed by atoms with Crippen molar-refractivity contribution >= 4 is 21.9 Å². The molecule has 2 aromatic heterocycles. The van der Waals surface area contributed by atoms with Crippen molar-refractivity contribution in [2.24, 2.45) is 14.1 Å². The van der Waals surface area contributed by atoms with Gasteiger partial charge in [-0.3, -0.25) is 13.9 Å². The summed E-state index contributed by atoms with van der Waals surface area (Å²) in [7, 11) is 3.11. The zero-order valence-corrected chi connectivity index (χ0v) is 11.9. The Kier molecular flexibility index (Phi) is 2.54. The van der Waals surface area contributed by atoms with E-state index in [0.717, 1.165) is 26.6 Å². The predicted octanol–water partition coefficient (Wildman–Crippen LogP) is 1.40. The molecule has 102 valence electrons. The second-order valence-electron chi connectivity index (χ2n) is 5.19. The maximum Gasteiger partial charge on any atom is 0.332 e. The number of fused-ring (bicyclic) bond motifs is 2. The molecule has 3 rings (SSSR count). The molecule has 0 radical (unpaired) electrons. The Bertz CT molecular complexity index is 980. The minimum Gasteiger partial charge on any atom is -0.280 e. The maximum atomic E-state index is 12.2. The average molecular weight is 269 g/mol. The largest absolute Gasteiger partial charge is 0.332 e. The minimum absolute atomic E-state index is 0.310. The highest BCUT2D eigenvalue weighted by molar-refractivity contribution is 5.91. The van der Waals surface area contributed by atoms with Crippen LogP contribution >= 0.6 is 0 Å². The molecule has 5 heteroatoms. The second-order valence-corrected chi connectivity index (χ2v) is 5.19. The van der Waals surface area contributed by atoms with Gasteiger partial charge in [0, 0.05) is 19.5 Å². The quantitative estimate of drug-likeness (QED) is 0.580. The van der Waals surface area contributed by atoms with E-state index in [0.29, 0.717) is 11.0 Å². The van der Waals surface area contributed by atoms with Crippen LogP contribution in [0.1, 0.15) is 11.1 Å². The van der Waals surface area contributed by atoms with Gasteiger partial charge in [-0.2, -0.15) is 0 Å². The molecule has 0 unspecified atom stereocenters. The molecule has 0 amide bonds. The Labute approximate surface area is 115 Å². The third-order valence-electron chi connectivity index (χ3n) is 3.84. The number of nitrogens with zero attached hydrogens (tertiary/aromatic N) is 3. The molecule has 0 saturated carbocycles. The molecule has 0 fully saturated rings. The molecule has 5 nitrogen and oxygen atoms in total. The van der Waals surface area contributed by atoms with Gasteiger partial charge in [0.1, 0.15) is 5.65 Å². The number of aryl methyl sites for hydroxylation is 3. The van der Waals surface area contributed by atoms with E-state index in [1.165, 1.54) is 11.6 Å². The third-order valence-corrected chi connectivity index (χ3v) is 3.84. The summed E-state index contributed by atoms with van der Waals surface area (Å²) in [5, 5.41) is 1.38. The minimum atomic E-state index is -0.363. The number of pyridine rings is 1. The van der Waals surface area contributed by atoms with Gasteiger partial charge in [0.25, 0.3) is 5.56 Å². The van der Waals surface area contributed by atoms with Crippen molar-refractivity contribution in [2.45, 2.75) is 13.8 Å². The lowest BCUT2D eigenvalue weighted by molar-refractivity contribution is 0.708. The standard InChI is InChI=1S/C15H15N3O2/c1-8-5-10-7-11-13(16-12(10)6-9(8)2)17(3)15(20)18(4)14(11)19/h5-7H,1-4H3. The highest BCUT2D eigenvalue weighted by atomic mass is 16.2. The van der Waals surface area contributed by atoms with Crippen LogP contribution in [0.25, 0.3) is 21.9 Å². The van der Waals surface area contributed by atoms with E-state index in [9.17, 15) is 9.59 Å². The van der Waals surface area contributed by atoms with Gasteiger partial charge in [-0.1, -0.05) is 0 Å². The Morgan fingerprint density at radius 1 is 0.950 bits per heavy atom. The molecule has 0 spiro atoms. The van der Waals surface area contributed by atoms with Gasteiger partial charge >= 0.3 is 5.69 Å². The zero-order chi connectivity index (χ0) is 14.6. The normalized spacial score (nSPS) is 11.4. The third kappa shape index (κ3) is 1.59. The van der Waals surface area contributed by atoms with Gasteiger partial charge in [0.2, 0.25) is 0 Å². The number of hydrogen-bond donors (Lipinski definition) is 0. The monoisotopic (exact) mass is 269 g/mol. The van der Waals surface area contributed by atoms with Gasteiger partial charge in [-0.25, -0.2) is 9.78 Å². The summed E-state index contributed by atoms with van der Waals surface area (Å²) in [5.41, 5.74) is 2.84. The molecule has 0 N–H and O–H groups in total. The van der Waals surface area contributed by atoms with Crippen LogP contribution in [0.5, 0.6) is 0 Å². The van der Waals surface area contributed by atoms with Crippen LogP contribution in [0.3, 0.4) is 0 Å². The SMILES string of the molecule is Cc1cc2cc3c(=O)n(C)c(=O)n(C)c3nc2cc1C. The average Bonchev–Trinajstić information content (AvgIpc) is 2.43. The topological polar surface area (TPSA) is 56.9 Å². The van der Waals surface area contributed by atoms with E-state index < -0.39 is 0 Å². The Morgan fingerprint density at radius 3 is 2.30 bits per heavy atom. The lowest BCUT2D eigenvalue weighted by Crippen LogP contribution is -2.37. The summed E-state index contributed by atoms with van der Waals surface area (Å²) in [6.07, 6.45) is 0. The van der Waals surface area contributed by atoms with E-state index in [2.05, 4.69) is 4.98 Å². The van der Waals surface area contributed by atoms with Gasteiger partial charge in [0.05, 0.1) is 10.9 Å². The Hall–Kier alpha value is -2.43. The van der Waals surface area contributed by atoms with Crippen LogP contribution in [0.4, 0.5) is 0 Å². The van der Waals surface area contributed by atoms with Gasteiger partial charge in [-0.15, -0.1) is 0 Å². The maximum absolute atomic E-state index is 12.2. The first-order chi connectivity index (χ1) is 9.40. The van der Waals surface area contributed by atoms with E-state index in [4.69, 9.17) is 0 Å². The number of benzene rings is 1. The molecule has 0 bridgehead atoms. The lowest BCUT2D eigenvalue weighted by Gasteiger charge is -2.09. The molecule has 0 aliphatic rings. The summed E-state index contributed by atoms with van der Waals surface area (Å²) in [6.45, 7) is 4.04. The van der Waals surface area contributed by atoms with Crippen molar-refractivity contribution in [3.63, 3.8) is 0 Å².